The Morgan fingerprint density at radius 2 is 1.71 bits per heavy atom. The lowest BCUT2D eigenvalue weighted by Crippen LogP contribution is -2.03. The van der Waals surface area contributed by atoms with Gasteiger partial charge >= 0.3 is 0 Å². The van der Waals surface area contributed by atoms with Gasteiger partial charge in [0.05, 0.1) is 12.9 Å². The van der Waals surface area contributed by atoms with Crippen molar-refractivity contribution in [3.8, 4) is 17.4 Å². The van der Waals surface area contributed by atoms with Crippen molar-refractivity contribution in [2.24, 2.45) is 0 Å². The van der Waals surface area contributed by atoms with Crippen LogP contribution in [0.15, 0.2) is 54.9 Å². The minimum absolute atomic E-state index is 0.306. The number of halogens is 1. The number of benzene rings is 2. The fourth-order valence-electron chi connectivity index (χ4n) is 3.08. The molecule has 0 aliphatic carbocycles. The van der Waals surface area contributed by atoms with Gasteiger partial charge in [-0.05, 0) is 61.9 Å². The van der Waals surface area contributed by atoms with Crippen LogP contribution in [0.25, 0.3) is 11.2 Å². The maximum Gasteiger partial charge on any atom is 0.252 e. The first-order chi connectivity index (χ1) is 15.2. The molecule has 0 amide bonds. The van der Waals surface area contributed by atoms with Gasteiger partial charge in [0, 0.05) is 12.2 Å². The molecule has 0 fully saturated rings. The maximum atomic E-state index is 13.2. The van der Waals surface area contributed by atoms with E-state index >= 15 is 0 Å². The molecule has 0 saturated heterocycles. The summed E-state index contributed by atoms with van der Waals surface area (Å²) >= 11 is 0. The lowest BCUT2D eigenvalue weighted by Gasteiger charge is -2.11. The van der Waals surface area contributed by atoms with Crippen molar-refractivity contribution in [3.63, 3.8) is 0 Å². The van der Waals surface area contributed by atoms with Gasteiger partial charge in [-0.25, -0.2) is 9.37 Å². The third-order valence-corrected chi connectivity index (χ3v) is 4.63. The topological polar surface area (TPSA) is 74.1 Å². The van der Waals surface area contributed by atoms with E-state index in [0.717, 1.165) is 25.1 Å². The molecule has 2 aromatic carbocycles. The van der Waals surface area contributed by atoms with E-state index in [9.17, 15) is 4.39 Å². The van der Waals surface area contributed by atoms with Crippen LogP contribution in [0.1, 0.15) is 26.7 Å². The van der Waals surface area contributed by atoms with E-state index in [1.165, 1.54) is 12.1 Å². The van der Waals surface area contributed by atoms with Gasteiger partial charge in [-0.15, -0.1) is 0 Å². The minimum Gasteiger partial charge on any atom is -0.494 e. The zero-order valence-corrected chi connectivity index (χ0v) is 17.5. The average Bonchev–Trinajstić information content (AvgIpc) is 3.18. The van der Waals surface area contributed by atoms with Crippen LogP contribution in [0.4, 0.5) is 16.0 Å². The predicted octanol–water partition coefficient (Wildman–Crippen LogP) is 5.70. The van der Waals surface area contributed by atoms with Crippen LogP contribution >= 0.6 is 0 Å². The molecule has 0 aliphatic rings. The first-order valence-electron chi connectivity index (χ1n) is 10.3. The number of rotatable bonds is 9. The van der Waals surface area contributed by atoms with Gasteiger partial charge in [0.2, 0.25) is 5.95 Å². The van der Waals surface area contributed by atoms with Gasteiger partial charge in [0.1, 0.15) is 17.3 Å². The second-order valence-electron chi connectivity index (χ2n) is 6.95. The highest BCUT2D eigenvalue weighted by Crippen LogP contribution is 2.30. The molecule has 160 valence electrons. The highest BCUT2D eigenvalue weighted by molar-refractivity contribution is 5.78. The van der Waals surface area contributed by atoms with Gasteiger partial charge in [0.15, 0.2) is 11.2 Å². The Kier molecular flexibility index (Phi) is 6.26. The molecule has 8 heteroatoms. The molecule has 31 heavy (non-hydrogen) atoms. The molecule has 0 radical (unpaired) electrons. The van der Waals surface area contributed by atoms with Crippen molar-refractivity contribution in [1.82, 2.24) is 19.5 Å². The number of aromatic nitrogens is 4. The highest BCUT2D eigenvalue weighted by atomic mass is 19.1. The number of hydrogen-bond acceptors (Lipinski definition) is 6. The number of nitrogens with one attached hydrogen (secondary N) is 1. The second-order valence-corrected chi connectivity index (χ2v) is 6.95. The number of nitrogens with zero attached hydrogens (tertiary/aromatic N) is 4. The molecule has 7 nitrogen and oxygen atoms in total. The van der Waals surface area contributed by atoms with Crippen molar-refractivity contribution in [2.45, 2.75) is 33.2 Å². The summed E-state index contributed by atoms with van der Waals surface area (Å²) in [6, 6.07) is 13.3. The van der Waals surface area contributed by atoms with Crippen LogP contribution in [0, 0.1) is 5.82 Å². The maximum absolute atomic E-state index is 13.2. The zero-order chi connectivity index (χ0) is 21.6. The summed E-state index contributed by atoms with van der Waals surface area (Å²) < 4.78 is 26.8. The van der Waals surface area contributed by atoms with Gasteiger partial charge in [-0.3, -0.25) is 0 Å². The fourth-order valence-corrected chi connectivity index (χ4v) is 3.08. The molecular formula is C23H24FN5O2. The summed E-state index contributed by atoms with van der Waals surface area (Å²) in [6.45, 7) is 5.46. The normalized spacial score (nSPS) is 10.9. The number of anilines is 2. The van der Waals surface area contributed by atoms with Crippen LogP contribution in [-0.4, -0.2) is 26.1 Å². The average molecular weight is 421 g/mol. The number of aryl methyl sites for hydroxylation is 1. The lowest BCUT2D eigenvalue weighted by atomic mass is 10.3. The number of hydrogen-bond donors (Lipinski definition) is 1. The largest absolute Gasteiger partial charge is 0.494 e. The summed E-state index contributed by atoms with van der Waals surface area (Å²) in [7, 11) is 0. The summed E-state index contributed by atoms with van der Waals surface area (Å²) in [5.74, 6) is 1.76. The Labute approximate surface area is 179 Å². The van der Waals surface area contributed by atoms with Gasteiger partial charge in [-0.2, -0.15) is 9.97 Å². The van der Waals surface area contributed by atoms with Crippen molar-refractivity contribution in [3.05, 3.63) is 60.7 Å². The molecule has 2 aromatic heterocycles. The number of ether oxygens (including phenoxy) is 2. The molecule has 0 aliphatic heterocycles. The molecule has 0 saturated carbocycles. The summed E-state index contributed by atoms with van der Waals surface area (Å²) in [6.07, 6.45) is 3.81. The van der Waals surface area contributed by atoms with Crippen molar-refractivity contribution >= 4 is 22.8 Å². The third-order valence-electron chi connectivity index (χ3n) is 4.63. The first kappa shape index (κ1) is 20.6. The quantitative estimate of drug-likeness (QED) is 0.374. The molecule has 0 unspecified atom stereocenters. The van der Waals surface area contributed by atoms with E-state index in [4.69, 9.17) is 9.47 Å². The molecule has 0 spiro atoms. The monoisotopic (exact) mass is 421 g/mol. The smallest absolute Gasteiger partial charge is 0.252 e. The van der Waals surface area contributed by atoms with Crippen molar-refractivity contribution in [1.29, 1.82) is 0 Å². The zero-order valence-electron chi connectivity index (χ0n) is 17.5. The van der Waals surface area contributed by atoms with E-state index < -0.39 is 0 Å². The highest BCUT2D eigenvalue weighted by Gasteiger charge is 2.16. The minimum atomic E-state index is -0.306. The Morgan fingerprint density at radius 1 is 0.968 bits per heavy atom. The molecule has 2 heterocycles. The van der Waals surface area contributed by atoms with Crippen LogP contribution in [0.2, 0.25) is 0 Å². The Morgan fingerprint density at radius 3 is 2.42 bits per heavy atom. The van der Waals surface area contributed by atoms with Crippen LogP contribution in [0.5, 0.6) is 17.4 Å². The molecule has 0 bridgehead atoms. The number of imidazole rings is 1. The molecule has 1 N–H and O–H groups in total. The molecule has 0 atom stereocenters. The van der Waals surface area contributed by atoms with Gasteiger partial charge < -0.3 is 19.4 Å². The Bertz CT molecular complexity index is 1140. The molecule has 4 aromatic rings. The fraction of sp³-hybridized carbons (Fsp3) is 0.261. The van der Waals surface area contributed by atoms with Crippen LogP contribution in [0.3, 0.4) is 0 Å². The van der Waals surface area contributed by atoms with Gasteiger partial charge in [0.25, 0.3) is 5.88 Å². The van der Waals surface area contributed by atoms with E-state index in [-0.39, 0.29) is 5.82 Å². The molecular weight excluding hydrogens is 397 g/mol. The van der Waals surface area contributed by atoms with Crippen molar-refractivity contribution in [2.75, 3.05) is 11.9 Å². The van der Waals surface area contributed by atoms with E-state index in [1.807, 2.05) is 35.8 Å². The molecule has 4 rings (SSSR count). The Hall–Kier alpha value is -3.68. The first-order valence-corrected chi connectivity index (χ1v) is 10.3. The third kappa shape index (κ3) is 4.91. The summed E-state index contributed by atoms with van der Waals surface area (Å²) in [5, 5.41) is 3.12. The van der Waals surface area contributed by atoms with Gasteiger partial charge in [-0.1, -0.05) is 13.3 Å². The standard InChI is InChI=1S/C23H24FN5O2/c1-3-5-14-29-15-25-20-21(29)27-23(26-17-8-6-16(24)7-9-17)28-22(20)31-19-12-10-18(11-13-19)30-4-2/h6-13,15H,3-5,14H2,1-2H3,(H,26,27,28). The number of fused-ring (bicyclic) bond motifs is 1. The lowest BCUT2D eigenvalue weighted by molar-refractivity contribution is 0.339. The van der Waals surface area contributed by atoms with Crippen LogP contribution < -0.4 is 14.8 Å². The van der Waals surface area contributed by atoms with Crippen LogP contribution in [-0.2, 0) is 6.54 Å². The summed E-state index contributed by atoms with van der Waals surface area (Å²) in [5.41, 5.74) is 1.93. The van der Waals surface area contributed by atoms with E-state index in [1.54, 1.807) is 18.5 Å². The Balaban J connectivity index is 1.69. The second kappa shape index (κ2) is 9.42. The van der Waals surface area contributed by atoms with E-state index in [0.29, 0.717) is 41.0 Å². The number of unbranched alkanes of at least 4 members (excludes halogenated alkanes) is 1. The SMILES string of the molecule is CCCCn1cnc2c(Oc3ccc(OCC)cc3)nc(Nc3ccc(F)cc3)nc21. The van der Waals surface area contributed by atoms with E-state index in [2.05, 4.69) is 27.2 Å². The predicted molar refractivity (Wildman–Crippen MR) is 118 cm³/mol. The summed E-state index contributed by atoms with van der Waals surface area (Å²) in [4.78, 5) is 13.6. The van der Waals surface area contributed by atoms with Crippen molar-refractivity contribution < 1.29 is 13.9 Å².